The van der Waals surface area contributed by atoms with Crippen LogP contribution in [0.3, 0.4) is 0 Å². The van der Waals surface area contributed by atoms with Crippen molar-refractivity contribution in [2.75, 3.05) is 19.7 Å². The van der Waals surface area contributed by atoms with Crippen LogP contribution in [0.15, 0.2) is 30.3 Å². The van der Waals surface area contributed by atoms with Crippen molar-refractivity contribution < 1.29 is 19.1 Å². The largest absolute Gasteiger partial charge is 0.449 e. The Hall–Kier alpha value is -2.57. The molecule has 0 saturated carbocycles. The second-order valence-electron chi connectivity index (χ2n) is 6.40. The molecule has 1 aromatic rings. The smallest absolute Gasteiger partial charge is 0.407 e. The number of rotatable bonds is 5. The van der Waals surface area contributed by atoms with Crippen LogP contribution < -0.4 is 10.6 Å². The Bertz CT molecular complexity index is 628. The second-order valence-corrected chi connectivity index (χ2v) is 6.40. The zero-order valence-corrected chi connectivity index (χ0v) is 14.1. The van der Waals surface area contributed by atoms with Crippen LogP contribution in [0.1, 0.15) is 24.8 Å². The number of likely N-dealkylation sites (tertiary alicyclic amines) is 1. The highest BCUT2D eigenvalue weighted by molar-refractivity contribution is 5.91. The molecule has 1 aromatic carbocycles. The van der Waals surface area contributed by atoms with Gasteiger partial charge in [-0.15, -0.1) is 0 Å². The van der Waals surface area contributed by atoms with E-state index in [1.807, 2.05) is 30.3 Å². The Labute approximate surface area is 146 Å². The summed E-state index contributed by atoms with van der Waals surface area (Å²) in [7, 11) is 0. The molecule has 25 heavy (non-hydrogen) atoms. The third-order valence-electron chi connectivity index (χ3n) is 4.56. The number of carbonyl (C=O) groups excluding carboxylic acids is 3. The van der Waals surface area contributed by atoms with Gasteiger partial charge in [-0.1, -0.05) is 30.3 Å². The highest BCUT2D eigenvalue weighted by Crippen LogP contribution is 2.13. The fraction of sp³-hybridized carbons (Fsp3) is 0.500. The maximum Gasteiger partial charge on any atom is 0.407 e. The van der Waals surface area contributed by atoms with E-state index in [1.165, 1.54) is 0 Å². The summed E-state index contributed by atoms with van der Waals surface area (Å²) in [5.74, 6) is -0.404. The molecule has 0 spiro atoms. The molecule has 2 atom stereocenters. The van der Waals surface area contributed by atoms with Gasteiger partial charge >= 0.3 is 6.09 Å². The highest BCUT2D eigenvalue weighted by Gasteiger charge is 2.32. The van der Waals surface area contributed by atoms with E-state index in [1.54, 1.807) is 4.90 Å². The number of ether oxygens (including phenoxy) is 1. The summed E-state index contributed by atoms with van der Waals surface area (Å²) in [6.07, 6.45) is 2.21. The number of carbonyl (C=O) groups is 3. The van der Waals surface area contributed by atoms with Gasteiger partial charge in [0.2, 0.25) is 11.8 Å². The predicted octanol–water partition coefficient (Wildman–Crippen LogP) is 0.835. The maximum atomic E-state index is 12.8. The van der Waals surface area contributed by atoms with Crippen molar-refractivity contribution in [2.45, 2.75) is 37.8 Å². The summed E-state index contributed by atoms with van der Waals surface area (Å²) in [4.78, 5) is 38.5. The number of amides is 3. The van der Waals surface area contributed by atoms with Crippen LogP contribution in [0.5, 0.6) is 0 Å². The van der Waals surface area contributed by atoms with E-state index in [9.17, 15) is 14.4 Å². The molecule has 1 unspecified atom stereocenters. The Morgan fingerprint density at radius 3 is 2.64 bits per heavy atom. The molecule has 3 rings (SSSR count). The van der Waals surface area contributed by atoms with Gasteiger partial charge in [-0.3, -0.25) is 9.59 Å². The van der Waals surface area contributed by atoms with Crippen LogP contribution in [0.4, 0.5) is 4.79 Å². The topological polar surface area (TPSA) is 87.7 Å². The lowest BCUT2D eigenvalue weighted by Gasteiger charge is -2.27. The van der Waals surface area contributed by atoms with Crippen molar-refractivity contribution in [3.8, 4) is 0 Å². The van der Waals surface area contributed by atoms with E-state index in [0.717, 1.165) is 31.5 Å². The molecule has 134 valence electrons. The predicted molar refractivity (Wildman–Crippen MR) is 90.8 cm³/mol. The van der Waals surface area contributed by atoms with Crippen LogP contribution in [0.25, 0.3) is 0 Å². The number of hydrogen-bond donors (Lipinski definition) is 2. The zero-order valence-electron chi connectivity index (χ0n) is 14.1. The van der Waals surface area contributed by atoms with E-state index < -0.39 is 18.2 Å². The quantitative estimate of drug-likeness (QED) is 0.828. The molecular weight excluding hydrogens is 322 g/mol. The normalized spacial score (nSPS) is 21.2. The Morgan fingerprint density at radius 1 is 1.24 bits per heavy atom. The van der Waals surface area contributed by atoms with Crippen molar-refractivity contribution in [3.63, 3.8) is 0 Å². The maximum absolute atomic E-state index is 12.8. The van der Waals surface area contributed by atoms with Crippen LogP contribution in [0, 0.1) is 0 Å². The van der Waals surface area contributed by atoms with E-state index in [0.29, 0.717) is 12.8 Å². The van der Waals surface area contributed by atoms with Crippen molar-refractivity contribution in [1.82, 2.24) is 15.5 Å². The van der Waals surface area contributed by atoms with E-state index in [4.69, 9.17) is 4.74 Å². The van der Waals surface area contributed by atoms with E-state index in [-0.39, 0.29) is 18.4 Å². The fourth-order valence-corrected chi connectivity index (χ4v) is 3.20. The first-order valence-electron chi connectivity index (χ1n) is 8.70. The van der Waals surface area contributed by atoms with E-state index >= 15 is 0 Å². The van der Waals surface area contributed by atoms with Crippen molar-refractivity contribution in [1.29, 1.82) is 0 Å². The molecule has 2 heterocycles. The molecule has 7 nitrogen and oxygen atoms in total. The molecule has 2 aliphatic rings. The zero-order chi connectivity index (χ0) is 17.6. The van der Waals surface area contributed by atoms with Crippen molar-refractivity contribution >= 4 is 17.9 Å². The molecule has 0 aliphatic carbocycles. The molecule has 0 bridgehead atoms. The summed E-state index contributed by atoms with van der Waals surface area (Å²) in [6, 6.07) is 8.31. The molecule has 2 fully saturated rings. The number of benzene rings is 1. The molecule has 2 saturated heterocycles. The first kappa shape index (κ1) is 17.3. The van der Waals surface area contributed by atoms with Gasteiger partial charge in [0, 0.05) is 25.9 Å². The van der Waals surface area contributed by atoms with Gasteiger partial charge in [-0.2, -0.15) is 0 Å². The average molecular weight is 345 g/mol. The van der Waals surface area contributed by atoms with Gasteiger partial charge in [0.05, 0.1) is 6.61 Å². The first-order valence-corrected chi connectivity index (χ1v) is 8.70. The van der Waals surface area contributed by atoms with Crippen molar-refractivity contribution in [2.24, 2.45) is 0 Å². The molecule has 0 radical (unpaired) electrons. The summed E-state index contributed by atoms with van der Waals surface area (Å²) in [6.45, 7) is 1.66. The lowest BCUT2D eigenvalue weighted by atomic mass is 10.0. The Balaban J connectivity index is 1.69. The summed E-state index contributed by atoms with van der Waals surface area (Å²) < 4.78 is 4.78. The van der Waals surface area contributed by atoms with Gasteiger partial charge in [0.1, 0.15) is 12.1 Å². The number of alkyl carbamates (subject to hydrolysis) is 1. The van der Waals surface area contributed by atoms with Crippen LogP contribution in [0.2, 0.25) is 0 Å². The number of nitrogens with one attached hydrogen (secondary N) is 2. The SMILES string of the molecule is O=C1N[C@H](C(=O)NC(Cc2ccccc2)C(=O)N2CCCC2)CCO1. The van der Waals surface area contributed by atoms with Crippen LogP contribution >= 0.6 is 0 Å². The Kier molecular flexibility index (Phi) is 5.53. The molecule has 3 amide bonds. The number of cyclic esters (lactones) is 1. The third kappa shape index (κ3) is 4.49. The molecule has 7 heteroatoms. The third-order valence-corrected chi connectivity index (χ3v) is 4.56. The molecular formula is C18H23N3O4. The van der Waals surface area contributed by atoms with Crippen molar-refractivity contribution in [3.05, 3.63) is 35.9 Å². The van der Waals surface area contributed by atoms with Gasteiger partial charge < -0.3 is 20.3 Å². The molecule has 2 aliphatic heterocycles. The standard InChI is InChI=1S/C18H23N3O4/c22-16(14-8-11-25-18(24)20-14)19-15(12-13-6-2-1-3-7-13)17(23)21-9-4-5-10-21/h1-3,6-7,14-15H,4-5,8-12H2,(H,19,22)(H,20,24)/t14-,15?/m0/s1. The summed E-state index contributed by atoms with van der Waals surface area (Å²) in [5.41, 5.74) is 0.983. The number of nitrogens with zero attached hydrogens (tertiary/aromatic N) is 1. The Morgan fingerprint density at radius 2 is 1.96 bits per heavy atom. The fourth-order valence-electron chi connectivity index (χ4n) is 3.20. The van der Waals surface area contributed by atoms with E-state index in [2.05, 4.69) is 10.6 Å². The minimum absolute atomic E-state index is 0.0620. The summed E-state index contributed by atoms with van der Waals surface area (Å²) >= 11 is 0. The van der Waals surface area contributed by atoms with Crippen LogP contribution in [-0.4, -0.2) is 54.6 Å². The molecule has 2 N–H and O–H groups in total. The van der Waals surface area contributed by atoms with Gasteiger partial charge in [0.15, 0.2) is 0 Å². The lowest BCUT2D eigenvalue weighted by molar-refractivity contribution is -0.136. The minimum Gasteiger partial charge on any atom is -0.449 e. The van der Waals surface area contributed by atoms with Gasteiger partial charge in [-0.05, 0) is 18.4 Å². The first-order chi connectivity index (χ1) is 12.1. The average Bonchev–Trinajstić information content (AvgIpc) is 3.16. The van der Waals surface area contributed by atoms with Gasteiger partial charge in [0.25, 0.3) is 0 Å². The van der Waals surface area contributed by atoms with Gasteiger partial charge in [-0.25, -0.2) is 4.79 Å². The molecule has 0 aromatic heterocycles. The second kappa shape index (κ2) is 8.00. The number of hydrogen-bond acceptors (Lipinski definition) is 4. The monoisotopic (exact) mass is 345 g/mol. The minimum atomic E-state index is -0.661. The van der Waals surface area contributed by atoms with Crippen LogP contribution in [-0.2, 0) is 20.7 Å². The highest BCUT2D eigenvalue weighted by atomic mass is 16.6. The summed E-state index contributed by atoms with van der Waals surface area (Å²) in [5, 5.41) is 5.33. The lowest BCUT2D eigenvalue weighted by Crippen LogP contribution is -2.56.